The van der Waals surface area contributed by atoms with E-state index in [2.05, 4.69) is 10.4 Å². The fourth-order valence-corrected chi connectivity index (χ4v) is 2.82. The molecular weight excluding hydrogens is 358 g/mol. The van der Waals surface area contributed by atoms with Gasteiger partial charge in [-0.1, -0.05) is 36.4 Å². The number of furan rings is 1. The van der Waals surface area contributed by atoms with E-state index in [-0.39, 0.29) is 5.76 Å². The van der Waals surface area contributed by atoms with Gasteiger partial charge in [-0.3, -0.25) is 4.79 Å². The Morgan fingerprint density at radius 3 is 2.61 bits per heavy atom. The molecule has 0 radical (unpaired) electrons. The van der Waals surface area contributed by atoms with Gasteiger partial charge in [0.15, 0.2) is 6.61 Å². The molecule has 140 valence electrons. The molecule has 28 heavy (non-hydrogen) atoms. The molecule has 4 aromatic rings. The summed E-state index contributed by atoms with van der Waals surface area (Å²) in [4.78, 5) is 24.4. The number of esters is 1. The quantitative estimate of drug-likeness (QED) is 0.537. The Balaban J connectivity index is 1.42. The summed E-state index contributed by atoms with van der Waals surface area (Å²) in [5.41, 5.74) is 2.14. The van der Waals surface area contributed by atoms with Crippen molar-refractivity contribution < 1.29 is 18.7 Å². The van der Waals surface area contributed by atoms with Crippen LogP contribution in [0.5, 0.6) is 0 Å². The van der Waals surface area contributed by atoms with Crippen LogP contribution in [-0.4, -0.2) is 28.3 Å². The lowest BCUT2D eigenvalue weighted by Crippen LogP contribution is -2.22. The van der Waals surface area contributed by atoms with E-state index in [4.69, 9.17) is 9.15 Å². The molecule has 2 heterocycles. The molecule has 0 saturated heterocycles. The smallest absolute Gasteiger partial charge is 0.374 e. The van der Waals surface area contributed by atoms with Crippen molar-refractivity contribution in [3.63, 3.8) is 0 Å². The summed E-state index contributed by atoms with van der Waals surface area (Å²) in [6.45, 7) is 1.39. The van der Waals surface area contributed by atoms with Crippen LogP contribution in [0.25, 0.3) is 16.7 Å². The molecule has 0 aliphatic rings. The molecule has 0 atom stereocenters. The first-order valence-corrected chi connectivity index (χ1v) is 8.68. The Bertz CT molecular complexity index is 1110. The minimum absolute atomic E-state index is 0.0548. The third-order valence-corrected chi connectivity index (χ3v) is 4.06. The number of aromatic nitrogens is 2. The van der Waals surface area contributed by atoms with Gasteiger partial charge in [-0.05, 0) is 31.2 Å². The Hall–Kier alpha value is -3.87. The Morgan fingerprint density at radius 1 is 1.07 bits per heavy atom. The molecule has 0 fully saturated rings. The highest BCUT2D eigenvalue weighted by atomic mass is 16.5. The van der Waals surface area contributed by atoms with Gasteiger partial charge in [0.2, 0.25) is 5.76 Å². The zero-order valence-corrected chi connectivity index (χ0v) is 15.1. The van der Waals surface area contributed by atoms with Crippen LogP contribution in [0.15, 0.2) is 71.1 Å². The summed E-state index contributed by atoms with van der Waals surface area (Å²) in [6, 6.07) is 20.0. The van der Waals surface area contributed by atoms with E-state index in [1.807, 2.05) is 55.5 Å². The van der Waals surface area contributed by atoms with Crippen molar-refractivity contribution in [1.82, 2.24) is 9.78 Å². The Kier molecular flexibility index (Phi) is 4.63. The van der Waals surface area contributed by atoms with E-state index in [0.717, 1.165) is 16.8 Å². The number of hydrogen-bond donors (Lipinski definition) is 1. The van der Waals surface area contributed by atoms with Gasteiger partial charge in [-0.2, -0.15) is 5.10 Å². The number of carbonyl (C=O) groups excluding carboxylic acids is 2. The van der Waals surface area contributed by atoms with Gasteiger partial charge in [0.1, 0.15) is 11.4 Å². The average molecular weight is 375 g/mol. The Morgan fingerprint density at radius 2 is 1.82 bits per heavy atom. The third-order valence-electron chi connectivity index (χ3n) is 4.06. The first kappa shape index (κ1) is 17.5. The molecule has 0 aliphatic heterocycles. The fraction of sp³-hybridized carbons (Fsp3) is 0.0952. The molecule has 7 nitrogen and oxygen atoms in total. The monoisotopic (exact) mass is 375 g/mol. The standard InChI is InChI=1S/C21H17N3O4/c1-14-11-19(24(23-14)16-8-3-2-4-9-16)22-20(25)13-27-21(26)18-12-15-7-5-6-10-17(15)28-18/h2-12H,13H2,1H3,(H,22,25). The van der Waals surface area contributed by atoms with E-state index < -0.39 is 18.5 Å². The second-order valence-corrected chi connectivity index (χ2v) is 6.19. The molecule has 2 aromatic carbocycles. The van der Waals surface area contributed by atoms with Crippen molar-refractivity contribution in [3.8, 4) is 5.69 Å². The molecule has 0 spiro atoms. The summed E-state index contributed by atoms with van der Waals surface area (Å²) >= 11 is 0. The minimum atomic E-state index is -0.695. The van der Waals surface area contributed by atoms with Crippen molar-refractivity contribution in [2.24, 2.45) is 0 Å². The second-order valence-electron chi connectivity index (χ2n) is 6.19. The molecule has 4 rings (SSSR count). The van der Waals surface area contributed by atoms with Crippen LogP contribution in [0, 0.1) is 6.92 Å². The number of nitrogens with zero attached hydrogens (tertiary/aromatic N) is 2. The molecule has 0 aliphatic carbocycles. The van der Waals surface area contributed by atoms with E-state index in [1.54, 1.807) is 22.9 Å². The number of para-hydroxylation sites is 2. The number of aryl methyl sites for hydroxylation is 1. The van der Waals surface area contributed by atoms with Crippen LogP contribution < -0.4 is 5.32 Å². The molecule has 0 bridgehead atoms. The summed E-state index contributed by atoms with van der Waals surface area (Å²) in [6.07, 6.45) is 0. The summed E-state index contributed by atoms with van der Waals surface area (Å²) in [5.74, 6) is -0.617. The molecule has 2 aromatic heterocycles. The maximum atomic E-state index is 12.3. The largest absolute Gasteiger partial charge is 0.450 e. The predicted molar refractivity (Wildman–Crippen MR) is 103 cm³/mol. The van der Waals surface area contributed by atoms with Crippen LogP contribution in [0.3, 0.4) is 0 Å². The summed E-state index contributed by atoms with van der Waals surface area (Å²) in [5, 5.41) is 7.89. The summed E-state index contributed by atoms with van der Waals surface area (Å²) in [7, 11) is 0. The van der Waals surface area contributed by atoms with Crippen LogP contribution in [0.1, 0.15) is 16.2 Å². The topological polar surface area (TPSA) is 86.4 Å². The number of benzene rings is 2. The first-order valence-electron chi connectivity index (χ1n) is 8.68. The van der Waals surface area contributed by atoms with Crippen LogP contribution >= 0.6 is 0 Å². The van der Waals surface area contributed by atoms with Crippen molar-refractivity contribution in [2.45, 2.75) is 6.92 Å². The second kappa shape index (κ2) is 7.40. The predicted octanol–water partition coefficient (Wildman–Crippen LogP) is 3.72. The molecule has 1 amide bonds. The lowest BCUT2D eigenvalue weighted by atomic mass is 10.2. The number of nitrogens with one attached hydrogen (secondary N) is 1. The number of amides is 1. The third kappa shape index (κ3) is 3.64. The van der Waals surface area contributed by atoms with Gasteiger partial charge in [-0.25, -0.2) is 9.48 Å². The first-order chi connectivity index (χ1) is 13.6. The van der Waals surface area contributed by atoms with Gasteiger partial charge >= 0.3 is 5.97 Å². The van der Waals surface area contributed by atoms with Crippen molar-refractivity contribution >= 4 is 28.7 Å². The highest BCUT2D eigenvalue weighted by Crippen LogP contribution is 2.20. The number of fused-ring (bicyclic) bond motifs is 1. The van der Waals surface area contributed by atoms with Crippen molar-refractivity contribution in [1.29, 1.82) is 0 Å². The zero-order valence-electron chi connectivity index (χ0n) is 15.1. The molecule has 0 unspecified atom stereocenters. The van der Waals surface area contributed by atoms with Crippen molar-refractivity contribution in [3.05, 3.63) is 78.2 Å². The normalized spacial score (nSPS) is 10.8. The van der Waals surface area contributed by atoms with E-state index >= 15 is 0 Å². The summed E-state index contributed by atoms with van der Waals surface area (Å²) < 4.78 is 12.1. The average Bonchev–Trinajstić information content (AvgIpc) is 3.30. The molecule has 0 saturated carbocycles. The van der Waals surface area contributed by atoms with Crippen LogP contribution in [-0.2, 0) is 9.53 Å². The van der Waals surface area contributed by atoms with Gasteiger partial charge in [0.05, 0.1) is 11.4 Å². The number of anilines is 1. The zero-order chi connectivity index (χ0) is 19.5. The highest BCUT2D eigenvalue weighted by molar-refractivity contribution is 5.96. The fourth-order valence-electron chi connectivity index (χ4n) is 2.82. The number of hydrogen-bond acceptors (Lipinski definition) is 5. The van der Waals surface area contributed by atoms with Gasteiger partial charge < -0.3 is 14.5 Å². The molecule has 1 N–H and O–H groups in total. The van der Waals surface area contributed by atoms with Gasteiger partial charge in [0.25, 0.3) is 5.91 Å². The van der Waals surface area contributed by atoms with E-state index in [9.17, 15) is 9.59 Å². The van der Waals surface area contributed by atoms with E-state index in [1.165, 1.54) is 0 Å². The maximum absolute atomic E-state index is 12.3. The van der Waals surface area contributed by atoms with Crippen LogP contribution in [0.4, 0.5) is 5.82 Å². The number of carbonyl (C=O) groups is 2. The minimum Gasteiger partial charge on any atom is -0.450 e. The van der Waals surface area contributed by atoms with Crippen LogP contribution in [0.2, 0.25) is 0 Å². The van der Waals surface area contributed by atoms with Gasteiger partial charge in [-0.15, -0.1) is 0 Å². The maximum Gasteiger partial charge on any atom is 0.374 e. The number of ether oxygens (including phenoxy) is 1. The SMILES string of the molecule is Cc1cc(NC(=O)COC(=O)c2cc3ccccc3o2)n(-c2ccccc2)n1. The molecular formula is C21H17N3O4. The number of rotatable bonds is 5. The molecule has 7 heteroatoms. The Labute approximate surface area is 160 Å². The van der Waals surface area contributed by atoms with Gasteiger partial charge in [0, 0.05) is 11.5 Å². The lowest BCUT2D eigenvalue weighted by Gasteiger charge is -2.09. The lowest BCUT2D eigenvalue weighted by molar-refractivity contribution is -0.119. The van der Waals surface area contributed by atoms with Crippen molar-refractivity contribution in [2.75, 3.05) is 11.9 Å². The highest BCUT2D eigenvalue weighted by Gasteiger charge is 2.16. The van der Waals surface area contributed by atoms with E-state index in [0.29, 0.717) is 11.4 Å².